The van der Waals surface area contributed by atoms with Crippen molar-refractivity contribution in [2.24, 2.45) is 0 Å². The van der Waals surface area contributed by atoms with Gasteiger partial charge in [-0.15, -0.1) is 0 Å². The van der Waals surface area contributed by atoms with E-state index in [-0.39, 0.29) is 5.15 Å². The van der Waals surface area contributed by atoms with Crippen LogP contribution in [0.2, 0.25) is 5.15 Å². The summed E-state index contributed by atoms with van der Waals surface area (Å²) in [6.07, 6.45) is 0. The number of ether oxygens (including phenoxy) is 1. The second-order valence-corrected chi connectivity index (χ2v) is 3.11. The lowest BCUT2D eigenvalue weighted by Crippen LogP contribution is -2.16. The van der Waals surface area contributed by atoms with Crippen molar-refractivity contribution in [3.63, 3.8) is 0 Å². The Morgan fingerprint density at radius 2 is 2.46 bits per heavy atom. The van der Waals surface area contributed by atoms with Gasteiger partial charge in [0, 0.05) is 18.7 Å². The van der Waals surface area contributed by atoms with Gasteiger partial charge >= 0.3 is 0 Å². The Balaban J connectivity index is 2.43. The van der Waals surface area contributed by atoms with Gasteiger partial charge in [0.25, 0.3) is 0 Å². The van der Waals surface area contributed by atoms with Crippen molar-refractivity contribution in [3.8, 4) is 5.88 Å². The number of hydrogen-bond donors (Lipinski definition) is 1. The van der Waals surface area contributed by atoms with Gasteiger partial charge in [-0.05, 0) is 6.07 Å². The van der Waals surface area contributed by atoms with Crippen molar-refractivity contribution in [1.29, 1.82) is 0 Å². The molecule has 0 fully saturated rings. The number of pyridine rings is 1. The Morgan fingerprint density at radius 3 is 3.31 bits per heavy atom. The number of hydrogen-bond acceptors (Lipinski definition) is 3. The van der Waals surface area contributed by atoms with Crippen LogP contribution in [0, 0.1) is 5.82 Å². The summed E-state index contributed by atoms with van der Waals surface area (Å²) in [5, 5.41) is 2.94. The number of aromatic nitrogens is 1. The van der Waals surface area contributed by atoms with E-state index in [1.807, 2.05) is 0 Å². The summed E-state index contributed by atoms with van der Waals surface area (Å²) in [5.41, 5.74) is 0.708. The van der Waals surface area contributed by atoms with Crippen LogP contribution in [0.3, 0.4) is 0 Å². The van der Waals surface area contributed by atoms with E-state index in [2.05, 4.69) is 10.3 Å². The first-order valence-electron chi connectivity index (χ1n) is 3.96. The van der Waals surface area contributed by atoms with Gasteiger partial charge in [0.15, 0.2) is 11.0 Å². The molecule has 0 aliphatic carbocycles. The fraction of sp³-hybridized carbons (Fsp3) is 0.375. The molecule has 0 radical (unpaired) electrons. The lowest BCUT2D eigenvalue weighted by molar-refractivity contribution is 0.313. The second kappa shape index (κ2) is 3.47. The zero-order valence-corrected chi connectivity index (χ0v) is 7.57. The highest BCUT2D eigenvalue weighted by molar-refractivity contribution is 6.29. The SMILES string of the molecule is Fc1cc2c(nc1Cl)OCCNC2. The van der Waals surface area contributed by atoms with Crippen molar-refractivity contribution < 1.29 is 9.13 Å². The van der Waals surface area contributed by atoms with Crippen LogP contribution in [0.15, 0.2) is 6.07 Å². The molecule has 2 rings (SSSR count). The Bertz CT molecular complexity index is 301. The van der Waals surface area contributed by atoms with Gasteiger partial charge in [0.2, 0.25) is 5.88 Å². The molecule has 2 heterocycles. The van der Waals surface area contributed by atoms with E-state index in [9.17, 15) is 4.39 Å². The Kier molecular flexibility index (Phi) is 2.33. The summed E-state index contributed by atoms with van der Waals surface area (Å²) in [5.74, 6) is -0.0795. The molecule has 0 aromatic carbocycles. The van der Waals surface area contributed by atoms with Gasteiger partial charge in [0.05, 0.1) is 0 Å². The lowest BCUT2D eigenvalue weighted by Gasteiger charge is -2.05. The van der Waals surface area contributed by atoms with E-state index in [4.69, 9.17) is 16.3 Å². The maximum atomic E-state index is 13.0. The molecule has 0 amide bonds. The third-order valence-corrected chi connectivity index (χ3v) is 2.07. The standard InChI is InChI=1S/C8H8ClFN2O/c9-7-6(10)3-5-4-11-1-2-13-8(5)12-7/h3,11H,1-2,4H2. The van der Waals surface area contributed by atoms with Gasteiger partial charge in [-0.1, -0.05) is 11.6 Å². The van der Waals surface area contributed by atoms with Gasteiger partial charge in [-0.25, -0.2) is 4.39 Å². The van der Waals surface area contributed by atoms with E-state index < -0.39 is 5.82 Å². The first-order valence-corrected chi connectivity index (χ1v) is 4.33. The van der Waals surface area contributed by atoms with E-state index in [0.29, 0.717) is 24.6 Å². The number of fused-ring (bicyclic) bond motifs is 1. The van der Waals surface area contributed by atoms with Gasteiger partial charge in [-0.3, -0.25) is 0 Å². The van der Waals surface area contributed by atoms with Crippen molar-refractivity contribution in [2.75, 3.05) is 13.2 Å². The normalized spacial score (nSPS) is 15.8. The van der Waals surface area contributed by atoms with Crippen LogP contribution < -0.4 is 10.1 Å². The fourth-order valence-electron chi connectivity index (χ4n) is 1.18. The number of nitrogens with zero attached hydrogens (tertiary/aromatic N) is 1. The first-order chi connectivity index (χ1) is 6.27. The summed E-state index contributed by atoms with van der Waals surface area (Å²) in [7, 11) is 0. The van der Waals surface area contributed by atoms with Crippen LogP contribution in [0.1, 0.15) is 5.56 Å². The zero-order chi connectivity index (χ0) is 9.26. The zero-order valence-electron chi connectivity index (χ0n) is 6.81. The van der Waals surface area contributed by atoms with Crippen molar-refractivity contribution >= 4 is 11.6 Å². The molecule has 0 unspecified atom stereocenters. The van der Waals surface area contributed by atoms with Crippen LogP contribution in [-0.2, 0) is 6.54 Å². The number of nitrogens with one attached hydrogen (secondary N) is 1. The summed E-state index contributed by atoms with van der Waals surface area (Å²) in [6.45, 7) is 1.83. The molecule has 1 aliphatic heterocycles. The van der Waals surface area contributed by atoms with Gasteiger partial charge in [0.1, 0.15) is 6.61 Å². The average Bonchev–Trinajstić information content (AvgIpc) is 2.31. The molecule has 1 aromatic heterocycles. The molecule has 13 heavy (non-hydrogen) atoms. The van der Waals surface area contributed by atoms with Crippen LogP contribution in [-0.4, -0.2) is 18.1 Å². The van der Waals surface area contributed by atoms with Crippen LogP contribution in [0.5, 0.6) is 5.88 Å². The molecule has 0 saturated heterocycles. The molecule has 5 heteroatoms. The third kappa shape index (κ3) is 1.73. The Labute approximate surface area is 79.9 Å². The van der Waals surface area contributed by atoms with E-state index in [1.165, 1.54) is 6.07 Å². The topological polar surface area (TPSA) is 34.1 Å². The smallest absolute Gasteiger partial charge is 0.219 e. The number of rotatable bonds is 0. The van der Waals surface area contributed by atoms with E-state index >= 15 is 0 Å². The Hall–Kier alpha value is -0.870. The summed E-state index contributed by atoms with van der Waals surface area (Å²) in [4.78, 5) is 3.80. The lowest BCUT2D eigenvalue weighted by atomic mass is 10.2. The molecule has 3 nitrogen and oxygen atoms in total. The average molecular weight is 203 g/mol. The molecule has 0 bridgehead atoms. The quantitative estimate of drug-likeness (QED) is 0.645. The largest absolute Gasteiger partial charge is 0.476 e. The van der Waals surface area contributed by atoms with Crippen LogP contribution >= 0.6 is 11.6 Å². The van der Waals surface area contributed by atoms with E-state index in [1.54, 1.807) is 0 Å². The maximum absolute atomic E-state index is 13.0. The summed E-state index contributed by atoms with van der Waals surface area (Å²) < 4.78 is 18.2. The molecule has 70 valence electrons. The van der Waals surface area contributed by atoms with Crippen LogP contribution in [0.25, 0.3) is 0 Å². The third-order valence-electron chi connectivity index (χ3n) is 1.81. The molecule has 1 aliphatic rings. The van der Waals surface area contributed by atoms with Crippen molar-refractivity contribution in [1.82, 2.24) is 10.3 Å². The monoisotopic (exact) mass is 202 g/mol. The molecule has 1 N–H and O–H groups in total. The molecule has 1 aromatic rings. The molecule has 0 saturated carbocycles. The van der Waals surface area contributed by atoms with Crippen LogP contribution in [0.4, 0.5) is 4.39 Å². The Morgan fingerprint density at radius 1 is 1.62 bits per heavy atom. The predicted molar refractivity (Wildman–Crippen MR) is 46.4 cm³/mol. The van der Waals surface area contributed by atoms with Crippen molar-refractivity contribution in [3.05, 3.63) is 22.6 Å². The number of halogens is 2. The highest BCUT2D eigenvalue weighted by atomic mass is 35.5. The molecule has 0 spiro atoms. The molecule has 0 atom stereocenters. The first kappa shape index (κ1) is 8.72. The highest BCUT2D eigenvalue weighted by Crippen LogP contribution is 2.22. The summed E-state index contributed by atoms with van der Waals surface area (Å²) in [6, 6.07) is 1.35. The molecular formula is C8H8ClFN2O. The van der Waals surface area contributed by atoms with Gasteiger partial charge in [-0.2, -0.15) is 4.98 Å². The predicted octanol–water partition coefficient (Wildman–Crippen LogP) is 1.36. The minimum Gasteiger partial charge on any atom is -0.476 e. The van der Waals surface area contributed by atoms with Gasteiger partial charge < -0.3 is 10.1 Å². The molecular weight excluding hydrogens is 195 g/mol. The minimum atomic E-state index is -0.507. The summed E-state index contributed by atoms with van der Waals surface area (Å²) >= 11 is 5.51. The minimum absolute atomic E-state index is 0.138. The maximum Gasteiger partial charge on any atom is 0.219 e. The highest BCUT2D eigenvalue weighted by Gasteiger charge is 2.13. The van der Waals surface area contributed by atoms with Crippen molar-refractivity contribution in [2.45, 2.75) is 6.54 Å². The van der Waals surface area contributed by atoms with E-state index in [0.717, 1.165) is 6.54 Å². The fourth-order valence-corrected chi connectivity index (χ4v) is 1.31. The second-order valence-electron chi connectivity index (χ2n) is 2.75.